The molecule has 1 aliphatic heterocycles. The number of halogens is 1. The third kappa shape index (κ3) is 4.02. The van der Waals surface area contributed by atoms with Crippen LogP contribution in [0, 0.1) is 0 Å². The van der Waals surface area contributed by atoms with Gasteiger partial charge in [-0.3, -0.25) is 9.88 Å². The van der Waals surface area contributed by atoms with Crippen LogP contribution in [0.3, 0.4) is 0 Å². The molecule has 0 bridgehead atoms. The molecule has 0 spiro atoms. The molecule has 1 fully saturated rings. The zero-order valence-corrected chi connectivity index (χ0v) is 13.8. The Morgan fingerprint density at radius 3 is 2.76 bits per heavy atom. The predicted octanol–water partition coefficient (Wildman–Crippen LogP) is 3.61. The van der Waals surface area contributed by atoms with Crippen molar-refractivity contribution < 1.29 is 4.74 Å². The van der Waals surface area contributed by atoms with Gasteiger partial charge in [-0.25, -0.2) is 0 Å². The fourth-order valence-electron chi connectivity index (χ4n) is 2.87. The van der Waals surface area contributed by atoms with Crippen LogP contribution in [-0.2, 0) is 11.3 Å². The van der Waals surface area contributed by atoms with Crippen LogP contribution >= 0.6 is 15.9 Å². The molecule has 2 heterocycles. The number of fused-ring (bicyclic) bond motifs is 1. The van der Waals surface area contributed by atoms with E-state index in [-0.39, 0.29) is 0 Å². The molecule has 1 aromatic heterocycles. The molecular formula is C17H21BrN2O. The lowest BCUT2D eigenvalue weighted by Gasteiger charge is -2.31. The summed E-state index contributed by atoms with van der Waals surface area (Å²) >= 11 is 3.41. The van der Waals surface area contributed by atoms with Gasteiger partial charge in [-0.05, 0) is 25.0 Å². The number of ether oxygens (including phenoxy) is 1. The van der Waals surface area contributed by atoms with Crippen LogP contribution in [0.2, 0.25) is 0 Å². The summed E-state index contributed by atoms with van der Waals surface area (Å²) in [5.74, 6) is 0. The Morgan fingerprint density at radius 2 is 1.95 bits per heavy atom. The van der Waals surface area contributed by atoms with Gasteiger partial charge >= 0.3 is 0 Å². The quantitative estimate of drug-likeness (QED) is 0.771. The molecule has 0 atom stereocenters. The molecule has 0 N–H and O–H groups in total. The topological polar surface area (TPSA) is 25.4 Å². The Bertz CT molecular complexity index is 582. The van der Waals surface area contributed by atoms with Crippen molar-refractivity contribution in [3.05, 3.63) is 42.1 Å². The Hall–Kier alpha value is -0.970. The fraction of sp³-hybridized carbons (Fsp3) is 0.471. The number of hydrogen-bond acceptors (Lipinski definition) is 3. The van der Waals surface area contributed by atoms with E-state index in [0.29, 0.717) is 6.10 Å². The average molecular weight is 349 g/mol. The van der Waals surface area contributed by atoms with Crippen molar-refractivity contribution in [1.82, 2.24) is 9.88 Å². The summed E-state index contributed by atoms with van der Waals surface area (Å²) in [6.45, 7) is 3.95. The van der Waals surface area contributed by atoms with E-state index in [1.54, 1.807) is 0 Å². The van der Waals surface area contributed by atoms with Crippen LogP contribution in [0.5, 0.6) is 0 Å². The molecule has 1 saturated heterocycles. The molecule has 0 radical (unpaired) electrons. The number of aromatic nitrogens is 1. The van der Waals surface area contributed by atoms with Gasteiger partial charge in [0.05, 0.1) is 23.9 Å². The first-order valence-corrected chi connectivity index (χ1v) is 8.72. The van der Waals surface area contributed by atoms with Crippen LogP contribution in [0.25, 0.3) is 10.9 Å². The summed E-state index contributed by atoms with van der Waals surface area (Å²) in [7, 11) is 0. The second-order valence-corrected chi connectivity index (χ2v) is 6.32. The van der Waals surface area contributed by atoms with Gasteiger partial charge in [0, 0.05) is 30.4 Å². The molecule has 2 aromatic rings. The predicted molar refractivity (Wildman–Crippen MR) is 89.8 cm³/mol. The zero-order valence-electron chi connectivity index (χ0n) is 12.2. The van der Waals surface area contributed by atoms with Crippen LogP contribution < -0.4 is 0 Å². The Labute approximate surface area is 134 Å². The smallest absolute Gasteiger partial charge is 0.0705 e. The molecule has 0 unspecified atom stereocenters. The summed E-state index contributed by atoms with van der Waals surface area (Å²) in [5, 5.41) is 2.14. The first-order chi connectivity index (χ1) is 10.3. The van der Waals surface area contributed by atoms with Gasteiger partial charge in [0.15, 0.2) is 0 Å². The van der Waals surface area contributed by atoms with Crippen molar-refractivity contribution in [2.45, 2.75) is 25.5 Å². The van der Waals surface area contributed by atoms with Gasteiger partial charge in [-0.2, -0.15) is 0 Å². The summed E-state index contributed by atoms with van der Waals surface area (Å²) in [4.78, 5) is 7.24. The Kier molecular flexibility index (Phi) is 5.22. The lowest BCUT2D eigenvalue weighted by Crippen LogP contribution is -2.37. The zero-order chi connectivity index (χ0) is 14.5. The lowest BCUT2D eigenvalue weighted by atomic mass is 10.1. The van der Waals surface area contributed by atoms with E-state index in [0.717, 1.165) is 55.6 Å². The van der Waals surface area contributed by atoms with E-state index in [2.05, 4.69) is 51.2 Å². The minimum Gasteiger partial charge on any atom is -0.377 e. The molecule has 0 saturated carbocycles. The van der Waals surface area contributed by atoms with Crippen molar-refractivity contribution in [2.75, 3.05) is 25.0 Å². The molecular weight excluding hydrogens is 328 g/mol. The van der Waals surface area contributed by atoms with Crippen LogP contribution in [0.4, 0.5) is 0 Å². The normalized spacial score (nSPS) is 17.4. The maximum absolute atomic E-state index is 5.80. The second kappa shape index (κ2) is 7.34. The molecule has 0 amide bonds. The lowest BCUT2D eigenvalue weighted by molar-refractivity contribution is 0.0139. The van der Waals surface area contributed by atoms with Crippen LogP contribution in [0.15, 0.2) is 36.4 Å². The number of alkyl halides is 1. The highest BCUT2D eigenvalue weighted by Gasteiger charge is 2.19. The summed E-state index contributed by atoms with van der Waals surface area (Å²) in [5.41, 5.74) is 2.25. The minimum atomic E-state index is 0.434. The van der Waals surface area contributed by atoms with Crippen molar-refractivity contribution in [3.63, 3.8) is 0 Å². The number of likely N-dealkylation sites (tertiary alicyclic amines) is 1. The molecule has 1 aliphatic rings. The van der Waals surface area contributed by atoms with Gasteiger partial charge in [0.25, 0.3) is 0 Å². The van der Waals surface area contributed by atoms with E-state index in [1.165, 1.54) is 5.39 Å². The second-order valence-electron chi connectivity index (χ2n) is 5.53. The number of hydrogen-bond donors (Lipinski definition) is 0. The Morgan fingerprint density at radius 1 is 1.14 bits per heavy atom. The van der Waals surface area contributed by atoms with Crippen molar-refractivity contribution in [2.24, 2.45) is 0 Å². The number of nitrogens with zero attached hydrogens (tertiary/aromatic N) is 2. The largest absolute Gasteiger partial charge is 0.377 e. The maximum Gasteiger partial charge on any atom is 0.0705 e. The van der Waals surface area contributed by atoms with Gasteiger partial charge in [-0.15, -0.1) is 0 Å². The number of pyridine rings is 1. The minimum absolute atomic E-state index is 0.434. The van der Waals surface area contributed by atoms with E-state index < -0.39 is 0 Å². The summed E-state index contributed by atoms with van der Waals surface area (Å²) in [6, 6.07) is 12.6. The number of para-hydroxylation sites is 1. The Balaban J connectivity index is 1.56. The highest BCUT2D eigenvalue weighted by molar-refractivity contribution is 9.09. The van der Waals surface area contributed by atoms with Gasteiger partial charge in [0.2, 0.25) is 0 Å². The molecule has 3 rings (SSSR count). The van der Waals surface area contributed by atoms with Crippen molar-refractivity contribution in [1.29, 1.82) is 0 Å². The van der Waals surface area contributed by atoms with E-state index in [1.807, 2.05) is 6.07 Å². The highest BCUT2D eigenvalue weighted by Crippen LogP contribution is 2.17. The SMILES string of the molecule is BrCCOC1CCN(Cc2ccc3ccccc3n2)CC1. The molecule has 112 valence electrons. The third-order valence-electron chi connectivity index (χ3n) is 4.01. The van der Waals surface area contributed by atoms with Crippen molar-refractivity contribution >= 4 is 26.8 Å². The number of piperidine rings is 1. The van der Waals surface area contributed by atoms with Gasteiger partial charge < -0.3 is 4.74 Å². The molecule has 4 heteroatoms. The standard InChI is InChI=1S/C17H21BrN2O/c18-9-12-21-16-7-10-20(11-8-16)13-15-6-5-14-3-1-2-4-17(14)19-15/h1-6,16H,7-13H2. The molecule has 21 heavy (non-hydrogen) atoms. The number of benzene rings is 1. The summed E-state index contributed by atoms with van der Waals surface area (Å²) < 4.78 is 5.80. The van der Waals surface area contributed by atoms with Crippen LogP contribution in [-0.4, -0.2) is 41.0 Å². The van der Waals surface area contributed by atoms with Gasteiger partial charge in [0.1, 0.15) is 0 Å². The third-order valence-corrected chi connectivity index (χ3v) is 4.33. The van der Waals surface area contributed by atoms with Gasteiger partial charge in [-0.1, -0.05) is 40.2 Å². The highest BCUT2D eigenvalue weighted by atomic mass is 79.9. The van der Waals surface area contributed by atoms with Crippen molar-refractivity contribution in [3.8, 4) is 0 Å². The van der Waals surface area contributed by atoms with Crippen LogP contribution in [0.1, 0.15) is 18.5 Å². The van der Waals surface area contributed by atoms with E-state index in [4.69, 9.17) is 9.72 Å². The average Bonchev–Trinajstić information content (AvgIpc) is 2.54. The molecule has 0 aliphatic carbocycles. The molecule has 3 nitrogen and oxygen atoms in total. The first-order valence-electron chi connectivity index (χ1n) is 7.60. The first kappa shape index (κ1) is 14.9. The fourth-order valence-corrected chi connectivity index (χ4v) is 3.06. The molecule has 1 aromatic carbocycles. The summed E-state index contributed by atoms with van der Waals surface area (Å²) in [6.07, 6.45) is 2.68. The maximum atomic E-state index is 5.80. The van der Waals surface area contributed by atoms with E-state index >= 15 is 0 Å². The van der Waals surface area contributed by atoms with E-state index in [9.17, 15) is 0 Å². The monoisotopic (exact) mass is 348 g/mol. The number of rotatable bonds is 5.